The van der Waals surface area contributed by atoms with E-state index in [-0.39, 0.29) is 5.84 Å². The average molecular weight is 629 g/mol. The highest BCUT2D eigenvalue weighted by Gasteiger charge is 2.35. The Morgan fingerprint density at radius 1 is 0.625 bits per heavy atom. The number of hydrogen-bond donors (Lipinski definition) is 3. The van der Waals surface area contributed by atoms with Gasteiger partial charge in [-0.05, 0) is 72.7 Å². The smallest absolute Gasteiger partial charge is 0.330 e. The molecule has 237 valence electrons. The molecule has 0 fully saturated rings. The minimum Gasteiger partial charge on any atom is -0.427 e. The van der Waals surface area contributed by atoms with Crippen molar-refractivity contribution in [3.8, 4) is 44.5 Å². The van der Waals surface area contributed by atoms with Crippen molar-refractivity contribution in [3.63, 3.8) is 0 Å². The van der Waals surface area contributed by atoms with Gasteiger partial charge in [0.25, 0.3) is 0 Å². The molecule has 0 aliphatic carbocycles. The predicted molar refractivity (Wildman–Crippen MR) is 198 cm³/mol. The standard InChI is InChI=1S/C42H39BN3O2/c1-41(2,47)42(3,4)48-43-37-25-23-35(24-26-37)39(44)46-40-38(34-21-19-32(20-22-34)30-13-9-6-10-14-30)27-36(28-45-40)33-17-15-31(16-18-33)29-11-7-5-8-12-29/h5-28,47H,1-4H3,(H2,44,45,46). The third-order valence-corrected chi connectivity index (χ3v) is 8.92. The van der Waals surface area contributed by atoms with Gasteiger partial charge in [-0.25, -0.2) is 4.99 Å². The second-order valence-electron chi connectivity index (χ2n) is 12.9. The van der Waals surface area contributed by atoms with Gasteiger partial charge < -0.3 is 14.7 Å². The average Bonchev–Trinajstić information content (AvgIpc) is 3.11. The Bertz CT molecular complexity index is 2060. The van der Waals surface area contributed by atoms with Crippen LogP contribution in [0.1, 0.15) is 33.3 Å². The van der Waals surface area contributed by atoms with Gasteiger partial charge in [-0.2, -0.15) is 0 Å². The van der Waals surface area contributed by atoms with Gasteiger partial charge in [-0.3, -0.25) is 5.41 Å². The van der Waals surface area contributed by atoms with E-state index < -0.39 is 11.2 Å². The van der Waals surface area contributed by atoms with Crippen LogP contribution in [-0.2, 0) is 4.65 Å². The number of pyridine rings is 1. The third kappa shape index (κ3) is 7.47. The van der Waals surface area contributed by atoms with E-state index in [9.17, 15) is 5.11 Å². The van der Waals surface area contributed by atoms with Gasteiger partial charge in [-0.15, -0.1) is 0 Å². The highest BCUT2D eigenvalue weighted by molar-refractivity contribution is 6.47. The molecule has 0 bridgehead atoms. The van der Waals surface area contributed by atoms with Crippen molar-refractivity contribution < 1.29 is 9.76 Å². The zero-order valence-electron chi connectivity index (χ0n) is 27.7. The van der Waals surface area contributed by atoms with E-state index >= 15 is 0 Å². The van der Waals surface area contributed by atoms with E-state index in [1.54, 1.807) is 21.3 Å². The molecule has 6 heteroatoms. The predicted octanol–water partition coefficient (Wildman–Crippen LogP) is 8.42. The lowest BCUT2D eigenvalue weighted by atomic mass is 9.82. The van der Waals surface area contributed by atoms with Crippen LogP contribution in [0.2, 0.25) is 0 Å². The third-order valence-electron chi connectivity index (χ3n) is 8.92. The van der Waals surface area contributed by atoms with Gasteiger partial charge in [0.05, 0.1) is 11.2 Å². The highest BCUT2D eigenvalue weighted by atomic mass is 16.5. The molecule has 0 aliphatic heterocycles. The summed E-state index contributed by atoms with van der Waals surface area (Å²) in [5.41, 5.74) is 8.96. The second-order valence-corrected chi connectivity index (χ2v) is 12.9. The molecule has 1 radical (unpaired) electrons. The maximum Gasteiger partial charge on any atom is 0.330 e. The summed E-state index contributed by atoms with van der Waals surface area (Å²) in [6.07, 6.45) is 1.95. The van der Waals surface area contributed by atoms with Crippen LogP contribution in [-0.4, -0.2) is 34.6 Å². The van der Waals surface area contributed by atoms with E-state index in [2.05, 4.69) is 96.0 Å². The normalized spacial score (nSPS) is 12.1. The summed E-state index contributed by atoms with van der Waals surface area (Å²) in [7, 11) is 1.64. The van der Waals surface area contributed by atoms with Crippen molar-refractivity contribution in [2.24, 2.45) is 4.99 Å². The molecular formula is C42H39BN3O2. The van der Waals surface area contributed by atoms with Crippen molar-refractivity contribution >= 4 is 18.8 Å². The SMILES string of the molecule is CC(C)(O)C(C)(C)O[B]c1ccc(C(=N)N=c2[nH]cc(-c3ccc(-c4ccccc4)cc3)cc2-c2ccc(-c3ccccc3)cc2)cc1. The molecule has 0 unspecified atom stereocenters. The molecule has 6 aromatic rings. The second kappa shape index (κ2) is 13.8. The zero-order valence-corrected chi connectivity index (χ0v) is 27.7. The molecule has 1 aromatic heterocycles. The summed E-state index contributed by atoms with van der Waals surface area (Å²) in [4.78, 5) is 8.18. The molecule has 0 amide bonds. The number of amidine groups is 1. The maximum absolute atomic E-state index is 10.4. The Morgan fingerprint density at radius 2 is 1.08 bits per heavy atom. The molecule has 1 heterocycles. The van der Waals surface area contributed by atoms with Crippen LogP contribution in [0.25, 0.3) is 44.5 Å². The highest BCUT2D eigenvalue weighted by Crippen LogP contribution is 2.28. The topological polar surface area (TPSA) is 81.5 Å². The van der Waals surface area contributed by atoms with Crippen LogP contribution in [0.5, 0.6) is 0 Å². The number of H-pyrrole nitrogens is 1. The molecule has 48 heavy (non-hydrogen) atoms. The Labute approximate surface area is 283 Å². The monoisotopic (exact) mass is 628 g/mol. The fraction of sp³-hybridized carbons (Fsp3) is 0.143. The van der Waals surface area contributed by atoms with Gasteiger partial charge >= 0.3 is 7.48 Å². The molecular weight excluding hydrogens is 589 g/mol. The van der Waals surface area contributed by atoms with Crippen LogP contribution < -0.4 is 11.0 Å². The lowest BCUT2D eigenvalue weighted by molar-refractivity contribution is -0.0893. The summed E-state index contributed by atoms with van der Waals surface area (Å²) in [6, 6.07) is 47.3. The van der Waals surface area contributed by atoms with Crippen molar-refractivity contribution in [2.45, 2.75) is 38.9 Å². The number of aromatic amines is 1. The first-order chi connectivity index (χ1) is 23.1. The largest absolute Gasteiger partial charge is 0.427 e. The Hall–Kier alpha value is -5.30. The summed E-state index contributed by atoms with van der Waals surface area (Å²) in [5.74, 6) is 0.137. The Balaban J connectivity index is 1.32. The number of aromatic nitrogens is 1. The fourth-order valence-corrected chi connectivity index (χ4v) is 5.18. The molecule has 3 N–H and O–H groups in total. The van der Waals surface area contributed by atoms with Gasteiger partial charge in [0.15, 0.2) is 5.84 Å². The summed E-state index contributed by atoms with van der Waals surface area (Å²) in [5, 5.41) is 19.3. The van der Waals surface area contributed by atoms with E-state index in [1.165, 1.54) is 5.56 Å². The lowest BCUT2D eigenvalue weighted by Gasteiger charge is -2.37. The number of aliphatic hydroxyl groups is 1. The first kappa shape index (κ1) is 32.6. The number of rotatable bonds is 9. The van der Waals surface area contributed by atoms with E-state index in [4.69, 9.17) is 15.1 Å². The fourth-order valence-electron chi connectivity index (χ4n) is 5.18. The quantitative estimate of drug-likeness (QED) is 0.0854. The molecule has 0 saturated heterocycles. The minimum atomic E-state index is -1.01. The van der Waals surface area contributed by atoms with E-state index in [1.807, 2.05) is 68.6 Å². The van der Waals surface area contributed by atoms with Crippen molar-refractivity contribution in [3.05, 3.63) is 157 Å². The Kier molecular flexibility index (Phi) is 9.40. The van der Waals surface area contributed by atoms with Gasteiger partial charge in [0.2, 0.25) is 0 Å². The molecule has 0 aliphatic rings. The van der Waals surface area contributed by atoms with Crippen LogP contribution >= 0.6 is 0 Å². The summed E-state index contributed by atoms with van der Waals surface area (Å²) >= 11 is 0. The lowest BCUT2D eigenvalue weighted by Crippen LogP contribution is -2.49. The molecule has 5 aromatic carbocycles. The van der Waals surface area contributed by atoms with Gasteiger partial charge in [-0.1, -0.05) is 139 Å². The first-order valence-corrected chi connectivity index (χ1v) is 16.1. The van der Waals surface area contributed by atoms with Crippen LogP contribution in [0, 0.1) is 5.41 Å². The van der Waals surface area contributed by atoms with Gasteiger partial charge in [0.1, 0.15) is 5.49 Å². The molecule has 0 saturated carbocycles. The molecule has 5 nitrogen and oxygen atoms in total. The van der Waals surface area contributed by atoms with E-state index in [0.29, 0.717) is 11.1 Å². The Morgan fingerprint density at radius 3 is 1.58 bits per heavy atom. The van der Waals surface area contributed by atoms with Crippen molar-refractivity contribution in [2.75, 3.05) is 0 Å². The molecule has 0 spiro atoms. The summed E-state index contributed by atoms with van der Waals surface area (Å²) < 4.78 is 5.90. The number of hydrogen-bond acceptors (Lipinski definition) is 3. The van der Waals surface area contributed by atoms with Crippen LogP contribution in [0.3, 0.4) is 0 Å². The summed E-state index contributed by atoms with van der Waals surface area (Å²) in [6.45, 7) is 7.15. The van der Waals surface area contributed by atoms with Crippen LogP contribution in [0.4, 0.5) is 0 Å². The first-order valence-electron chi connectivity index (χ1n) is 16.1. The van der Waals surface area contributed by atoms with Crippen molar-refractivity contribution in [1.82, 2.24) is 4.98 Å². The zero-order chi connectivity index (χ0) is 33.7. The van der Waals surface area contributed by atoms with Gasteiger partial charge in [0, 0.05) is 17.3 Å². The molecule has 6 rings (SSSR count). The molecule has 0 atom stereocenters. The van der Waals surface area contributed by atoms with Crippen molar-refractivity contribution in [1.29, 1.82) is 5.41 Å². The number of nitrogens with one attached hydrogen (secondary N) is 2. The van der Waals surface area contributed by atoms with E-state index in [0.717, 1.165) is 44.4 Å². The van der Waals surface area contributed by atoms with Crippen LogP contribution in [0.15, 0.2) is 151 Å². The maximum atomic E-state index is 10.4. The minimum absolute atomic E-state index is 0.137. The number of benzene rings is 5. The number of nitrogens with zero attached hydrogens (tertiary/aromatic N) is 1.